The molecular weight excluding hydrogens is 426 g/mol. The maximum Gasteiger partial charge on any atom is 0.217 e. The van der Waals surface area contributed by atoms with E-state index in [-0.39, 0.29) is 17.9 Å². The predicted molar refractivity (Wildman–Crippen MR) is 110 cm³/mol. The van der Waals surface area contributed by atoms with E-state index >= 15 is 0 Å². The Morgan fingerprint density at radius 3 is 2.36 bits per heavy atom. The molecule has 164 valence electrons. The van der Waals surface area contributed by atoms with Crippen molar-refractivity contribution in [2.75, 3.05) is 0 Å². The van der Waals surface area contributed by atoms with Crippen LogP contribution in [0.25, 0.3) is 0 Å². The van der Waals surface area contributed by atoms with Crippen LogP contribution in [-0.2, 0) is 9.47 Å². The van der Waals surface area contributed by atoms with Crippen molar-refractivity contribution in [3.05, 3.63) is 71.3 Å². The molecule has 2 heterocycles. The fourth-order valence-electron chi connectivity index (χ4n) is 5.86. The summed E-state index contributed by atoms with van der Waals surface area (Å²) < 4.78 is 40.5. The highest BCUT2D eigenvalue weighted by atomic mass is 19.1. The lowest BCUT2D eigenvalue weighted by Gasteiger charge is -2.52. The van der Waals surface area contributed by atoms with E-state index in [0.29, 0.717) is 18.9 Å². The summed E-state index contributed by atoms with van der Waals surface area (Å²) in [6.07, 6.45) is -0.293. The smallest absolute Gasteiger partial charge is 0.217 e. The summed E-state index contributed by atoms with van der Waals surface area (Å²) in [5, 5.41) is 39.6. The van der Waals surface area contributed by atoms with Gasteiger partial charge in [-0.15, -0.1) is 0 Å². The Balaban J connectivity index is 1.70. The molecule has 8 heteroatoms. The van der Waals surface area contributed by atoms with Gasteiger partial charge in [-0.25, -0.2) is 8.78 Å². The molecule has 0 spiro atoms. The van der Waals surface area contributed by atoms with E-state index in [1.54, 1.807) is 0 Å². The highest BCUT2D eigenvalue weighted by Crippen LogP contribution is 2.70. The lowest BCUT2D eigenvalue weighted by Crippen LogP contribution is -2.61. The monoisotopic (exact) mass is 444 g/mol. The molecule has 1 saturated carbocycles. The van der Waals surface area contributed by atoms with Crippen molar-refractivity contribution in [1.29, 1.82) is 21.2 Å². The van der Waals surface area contributed by atoms with Crippen LogP contribution in [0.2, 0.25) is 0 Å². The first-order valence-corrected chi connectivity index (χ1v) is 10.6. The molecule has 5 rings (SSSR count). The minimum atomic E-state index is -2.28. The van der Waals surface area contributed by atoms with Crippen LogP contribution in [0, 0.1) is 67.8 Å². The Hall–Kier alpha value is -3.80. The normalized spacial score (nSPS) is 33.7. The van der Waals surface area contributed by atoms with Crippen LogP contribution in [0.4, 0.5) is 8.78 Å². The first kappa shape index (κ1) is 21.1. The molecule has 6 nitrogen and oxygen atoms in total. The van der Waals surface area contributed by atoms with Gasteiger partial charge in [-0.05, 0) is 30.4 Å². The number of nitrogens with one attached hydrogen (secondary N) is 1. The SMILES string of the molecule is N#CC1(C#N)C(c2ccc(F)cc2F)OC23CCC(c4ccccc4)CC2C1(C#N)C(=N)O3. The predicted octanol–water partition coefficient (Wildman–Crippen LogP) is 4.87. The third-order valence-electron chi connectivity index (χ3n) is 7.43. The number of hydrogen-bond donors (Lipinski definition) is 1. The molecule has 5 atom stereocenters. The molecule has 3 aliphatic rings. The number of halogens is 2. The average Bonchev–Trinajstić information content (AvgIpc) is 3.03. The van der Waals surface area contributed by atoms with E-state index in [2.05, 4.69) is 6.07 Å². The van der Waals surface area contributed by atoms with Crippen LogP contribution in [0.1, 0.15) is 42.4 Å². The zero-order valence-corrected chi connectivity index (χ0v) is 17.4. The molecule has 2 saturated heterocycles. The lowest BCUT2D eigenvalue weighted by atomic mass is 9.50. The van der Waals surface area contributed by atoms with Crippen molar-refractivity contribution in [3.63, 3.8) is 0 Å². The summed E-state index contributed by atoms with van der Waals surface area (Å²) in [6.45, 7) is 0. The van der Waals surface area contributed by atoms with Crippen LogP contribution in [0.15, 0.2) is 48.5 Å². The highest BCUT2D eigenvalue weighted by Gasteiger charge is 2.81. The molecule has 3 fully saturated rings. The van der Waals surface area contributed by atoms with E-state index < -0.39 is 46.2 Å². The second kappa shape index (κ2) is 7.10. The van der Waals surface area contributed by atoms with Crippen molar-refractivity contribution >= 4 is 5.90 Å². The summed E-state index contributed by atoms with van der Waals surface area (Å²) in [4.78, 5) is 0. The first-order chi connectivity index (χ1) is 15.9. The molecule has 1 N–H and O–H groups in total. The Morgan fingerprint density at radius 1 is 1.00 bits per heavy atom. The third kappa shape index (κ3) is 2.55. The van der Waals surface area contributed by atoms with Crippen LogP contribution in [-0.4, -0.2) is 11.7 Å². The summed E-state index contributed by atoms with van der Waals surface area (Å²) in [5.74, 6) is -4.59. The molecule has 0 amide bonds. The van der Waals surface area contributed by atoms with Gasteiger partial charge in [0.15, 0.2) is 5.41 Å². The minimum absolute atomic E-state index is 0.00402. The van der Waals surface area contributed by atoms with Crippen LogP contribution in [0.3, 0.4) is 0 Å². The maximum atomic E-state index is 14.8. The van der Waals surface area contributed by atoms with Gasteiger partial charge < -0.3 is 9.47 Å². The summed E-state index contributed by atoms with van der Waals surface area (Å²) >= 11 is 0. The van der Waals surface area contributed by atoms with E-state index in [1.165, 1.54) is 0 Å². The van der Waals surface area contributed by atoms with Crippen molar-refractivity contribution in [1.82, 2.24) is 0 Å². The molecule has 5 unspecified atom stereocenters. The maximum absolute atomic E-state index is 14.8. The summed E-state index contributed by atoms with van der Waals surface area (Å²) in [7, 11) is 0. The fourth-order valence-corrected chi connectivity index (χ4v) is 5.86. The fraction of sp³-hybridized carbons (Fsp3) is 0.360. The second-order valence-electron chi connectivity index (χ2n) is 8.79. The Morgan fingerprint density at radius 2 is 1.73 bits per heavy atom. The van der Waals surface area contributed by atoms with Gasteiger partial charge in [-0.1, -0.05) is 36.4 Å². The van der Waals surface area contributed by atoms with E-state index in [9.17, 15) is 24.6 Å². The summed E-state index contributed by atoms with van der Waals surface area (Å²) in [6, 6.07) is 18.3. The Labute approximate surface area is 189 Å². The van der Waals surface area contributed by atoms with Gasteiger partial charge >= 0.3 is 0 Å². The largest absolute Gasteiger partial charge is 0.447 e. The number of hydrogen-bond acceptors (Lipinski definition) is 6. The standard InChI is InChI=1S/C25H18F2N4O2/c26-17-6-7-18(19(27)11-17)21-23(12-28,13-29)24(14-30)20-10-16(15-4-2-1-3-5-15)8-9-25(20,32-21)33-22(24)31/h1-7,11,16,20-21,31H,8-10H2. The van der Waals surface area contributed by atoms with Crippen molar-refractivity contribution in [2.45, 2.75) is 37.1 Å². The van der Waals surface area contributed by atoms with Gasteiger partial charge in [-0.2, -0.15) is 15.8 Å². The molecule has 2 aromatic rings. The summed E-state index contributed by atoms with van der Waals surface area (Å²) in [5.41, 5.74) is -3.44. The highest BCUT2D eigenvalue weighted by molar-refractivity contribution is 5.89. The third-order valence-corrected chi connectivity index (χ3v) is 7.43. The quantitative estimate of drug-likeness (QED) is 0.710. The molecule has 2 aliphatic heterocycles. The van der Waals surface area contributed by atoms with E-state index in [0.717, 1.165) is 17.7 Å². The number of benzene rings is 2. The number of rotatable bonds is 2. The van der Waals surface area contributed by atoms with Crippen LogP contribution < -0.4 is 0 Å². The molecular formula is C25H18F2N4O2. The van der Waals surface area contributed by atoms with Gasteiger partial charge in [0.2, 0.25) is 17.1 Å². The van der Waals surface area contributed by atoms with Crippen molar-refractivity contribution in [2.24, 2.45) is 16.7 Å². The van der Waals surface area contributed by atoms with Gasteiger partial charge in [-0.3, -0.25) is 5.41 Å². The van der Waals surface area contributed by atoms with Crippen LogP contribution in [0.5, 0.6) is 0 Å². The van der Waals surface area contributed by atoms with Gasteiger partial charge in [0.25, 0.3) is 0 Å². The molecule has 0 aromatic heterocycles. The van der Waals surface area contributed by atoms with Gasteiger partial charge in [0.1, 0.15) is 17.7 Å². The van der Waals surface area contributed by atoms with Crippen molar-refractivity contribution < 1.29 is 18.3 Å². The molecule has 2 aromatic carbocycles. The van der Waals surface area contributed by atoms with E-state index in [4.69, 9.17) is 14.9 Å². The van der Waals surface area contributed by atoms with Gasteiger partial charge in [0, 0.05) is 18.1 Å². The van der Waals surface area contributed by atoms with Gasteiger partial charge in [0.05, 0.1) is 24.1 Å². The number of ether oxygens (including phenoxy) is 2. The molecule has 33 heavy (non-hydrogen) atoms. The Kier molecular flexibility index (Phi) is 4.53. The average molecular weight is 444 g/mol. The number of nitriles is 3. The van der Waals surface area contributed by atoms with Crippen molar-refractivity contribution in [3.8, 4) is 18.2 Å². The lowest BCUT2D eigenvalue weighted by molar-refractivity contribution is -0.296. The molecule has 2 bridgehead atoms. The zero-order chi connectivity index (χ0) is 23.4. The topological polar surface area (TPSA) is 114 Å². The molecule has 1 aliphatic carbocycles. The molecule has 0 radical (unpaired) electrons. The zero-order valence-electron chi connectivity index (χ0n) is 17.4. The van der Waals surface area contributed by atoms with Crippen LogP contribution >= 0.6 is 0 Å². The Bertz CT molecular complexity index is 1260. The number of nitrogens with zero attached hydrogens (tertiary/aromatic N) is 3. The second-order valence-corrected chi connectivity index (χ2v) is 8.79. The first-order valence-electron chi connectivity index (χ1n) is 10.6. The van der Waals surface area contributed by atoms with E-state index in [1.807, 2.05) is 42.5 Å². The minimum Gasteiger partial charge on any atom is -0.447 e.